The highest BCUT2D eigenvalue weighted by atomic mass is 19.1. The van der Waals surface area contributed by atoms with Gasteiger partial charge in [0, 0.05) is 31.4 Å². The first kappa shape index (κ1) is 29.2. The molecular weight excluding hydrogens is 511 g/mol. The summed E-state index contributed by atoms with van der Waals surface area (Å²) in [6.07, 6.45) is 7.25. The van der Waals surface area contributed by atoms with Crippen molar-refractivity contribution in [2.75, 3.05) is 19.8 Å². The largest absolute Gasteiger partial charge is 0.488 e. The lowest BCUT2D eigenvalue weighted by atomic mass is 10.1. The van der Waals surface area contributed by atoms with Gasteiger partial charge >= 0.3 is 0 Å². The van der Waals surface area contributed by atoms with Gasteiger partial charge in [-0.1, -0.05) is 54.6 Å². The zero-order valence-corrected chi connectivity index (χ0v) is 22.7. The van der Waals surface area contributed by atoms with Crippen molar-refractivity contribution in [2.45, 2.75) is 57.7 Å². The monoisotopic (exact) mass is 548 g/mol. The average molecular weight is 549 g/mol. The van der Waals surface area contributed by atoms with Gasteiger partial charge in [0.05, 0.1) is 5.57 Å². The molecular formula is C32H37FN2O5. The topological polar surface area (TPSA) is 85.9 Å². The summed E-state index contributed by atoms with van der Waals surface area (Å²) in [7, 11) is 0. The second-order valence-electron chi connectivity index (χ2n) is 9.81. The highest BCUT2D eigenvalue weighted by Gasteiger charge is 2.16. The fourth-order valence-electron chi connectivity index (χ4n) is 4.47. The van der Waals surface area contributed by atoms with Crippen LogP contribution in [0.4, 0.5) is 4.39 Å². The SMILES string of the molecule is O=C(CCCC/C=C(\COc1cccc2ccccc12)C(=O)NCCc1ccc(F)cc1)NOC1CCCCO1. The van der Waals surface area contributed by atoms with Crippen LogP contribution in [0.1, 0.15) is 50.5 Å². The molecule has 3 aromatic carbocycles. The first-order chi connectivity index (χ1) is 19.6. The van der Waals surface area contributed by atoms with E-state index < -0.39 is 0 Å². The maximum Gasteiger partial charge on any atom is 0.250 e. The van der Waals surface area contributed by atoms with Crippen molar-refractivity contribution < 1.29 is 28.3 Å². The lowest BCUT2D eigenvalue weighted by molar-refractivity contribution is -0.200. The predicted molar refractivity (Wildman–Crippen MR) is 152 cm³/mol. The van der Waals surface area contributed by atoms with Crippen LogP contribution in [-0.2, 0) is 25.6 Å². The van der Waals surface area contributed by atoms with Crippen molar-refractivity contribution in [3.63, 3.8) is 0 Å². The van der Waals surface area contributed by atoms with E-state index in [1.807, 2.05) is 48.5 Å². The van der Waals surface area contributed by atoms with E-state index in [9.17, 15) is 14.0 Å². The normalized spacial score (nSPS) is 15.5. The molecule has 0 spiro atoms. The number of nitrogens with one attached hydrogen (secondary N) is 2. The van der Waals surface area contributed by atoms with Gasteiger partial charge in [0.1, 0.15) is 18.2 Å². The smallest absolute Gasteiger partial charge is 0.250 e. The maximum atomic E-state index is 13.2. The van der Waals surface area contributed by atoms with Crippen LogP contribution in [0.15, 0.2) is 78.4 Å². The predicted octanol–water partition coefficient (Wildman–Crippen LogP) is 5.78. The van der Waals surface area contributed by atoms with Crippen LogP contribution >= 0.6 is 0 Å². The third-order valence-corrected chi connectivity index (χ3v) is 6.73. The molecule has 1 saturated heterocycles. The Labute approximate surface area is 234 Å². The van der Waals surface area contributed by atoms with Gasteiger partial charge in [-0.3, -0.25) is 9.59 Å². The maximum absolute atomic E-state index is 13.2. The Hall–Kier alpha value is -3.75. The van der Waals surface area contributed by atoms with Gasteiger partial charge < -0.3 is 14.8 Å². The molecule has 3 aromatic rings. The number of unbranched alkanes of at least 4 members (excludes halogenated alkanes) is 2. The van der Waals surface area contributed by atoms with Crippen LogP contribution in [0, 0.1) is 5.82 Å². The minimum absolute atomic E-state index is 0.117. The molecule has 2 amide bonds. The Bertz CT molecular complexity index is 1270. The third kappa shape index (κ3) is 9.47. The summed E-state index contributed by atoms with van der Waals surface area (Å²) < 4.78 is 24.7. The number of amides is 2. The quantitative estimate of drug-likeness (QED) is 0.152. The van der Waals surface area contributed by atoms with Crippen LogP contribution in [0.3, 0.4) is 0 Å². The average Bonchev–Trinajstić information content (AvgIpc) is 2.99. The number of rotatable bonds is 14. The summed E-state index contributed by atoms with van der Waals surface area (Å²) in [5.41, 5.74) is 3.94. The van der Waals surface area contributed by atoms with Gasteiger partial charge in [0.15, 0.2) is 6.29 Å². The molecule has 40 heavy (non-hydrogen) atoms. The molecule has 1 aliphatic heterocycles. The highest BCUT2D eigenvalue weighted by Crippen LogP contribution is 2.25. The van der Waals surface area contributed by atoms with E-state index in [1.54, 1.807) is 12.1 Å². The molecule has 8 heteroatoms. The Morgan fingerprint density at radius 2 is 1.82 bits per heavy atom. The number of hydrogen-bond donors (Lipinski definition) is 2. The van der Waals surface area contributed by atoms with Crippen molar-refractivity contribution >= 4 is 22.6 Å². The first-order valence-corrected chi connectivity index (χ1v) is 14.0. The lowest BCUT2D eigenvalue weighted by Crippen LogP contribution is -2.32. The zero-order chi connectivity index (χ0) is 28.0. The van der Waals surface area contributed by atoms with Crippen molar-refractivity contribution in [2.24, 2.45) is 0 Å². The number of hydroxylamine groups is 1. The number of benzene rings is 3. The molecule has 4 rings (SSSR count). The molecule has 1 heterocycles. The van der Waals surface area contributed by atoms with E-state index in [0.717, 1.165) is 42.0 Å². The Kier molecular flexibility index (Phi) is 11.5. The Morgan fingerprint density at radius 3 is 2.65 bits per heavy atom. The van der Waals surface area contributed by atoms with Crippen LogP contribution in [0.5, 0.6) is 5.75 Å². The number of ether oxygens (including phenoxy) is 2. The van der Waals surface area contributed by atoms with Gasteiger partial charge in [0.25, 0.3) is 0 Å². The van der Waals surface area contributed by atoms with E-state index in [2.05, 4.69) is 10.8 Å². The minimum Gasteiger partial charge on any atom is -0.488 e. The molecule has 0 bridgehead atoms. The van der Waals surface area contributed by atoms with Gasteiger partial charge in [-0.25, -0.2) is 14.7 Å². The Morgan fingerprint density at radius 1 is 1.00 bits per heavy atom. The van der Waals surface area contributed by atoms with Crippen molar-refractivity contribution in [1.29, 1.82) is 0 Å². The molecule has 0 aromatic heterocycles. The lowest BCUT2D eigenvalue weighted by Gasteiger charge is -2.22. The van der Waals surface area contributed by atoms with Gasteiger partial charge in [-0.05, 0) is 67.7 Å². The highest BCUT2D eigenvalue weighted by molar-refractivity contribution is 5.94. The van der Waals surface area contributed by atoms with Crippen molar-refractivity contribution in [3.05, 3.63) is 89.8 Å². The van der Waals surface area contributed by atoms with Gasteiger partial charge in [-0.15, -0.1) is 0 Å². The number of allylic oxidation sites excluding steroid dienone is 1. The van der Waals surface area contributed by atoms with E-state index in [-0.39, 0.29) is 30.5 Å². The van der Waals surface area contributed by atoms with Gasteiger partial charge in [-0.2, -0.15) is 0 Å². The first-order valence-electron chi connectivity index (χ1n) is 14.0. The summed E-state index contributed by atoms with van der Waals surface area (Å²) in [5.74, 6) is 0.0331. The summed E-state index contributed by atoms with van der Waals surface area (Å²) in [6.45, 7) is 1.19. The number of carbonyl (C=O) groups is 2. The van der Waals surface area contributed by atoms with Crippen LogP contribution in [0.25, 0.3) is 10.8 Å². The number of fused-ring (bicyclic) bond motifs is 1. The Balaban J connectivity index is 1.28. The molecule has 1 fully saturated rings. The summed E-state index contributed by atoms with van der Waals surface area (Å²) in [4.78, 5) is 30.5. The molecule has 7 nitrogen and oxygen atoms in total. The molecule has 212 valence electrons. The van der Waals surface area contributed by atoms with E-state index in [4.69, 9.17) is 14.3 Å². The fourth-order valence-corrected chi connectivity index (χ4v) is 4.47. The second-order valence-corrected chi connectivity index (χ2v) is 9.81. The zero-order valence-electron chi connectivity index (χ0n) is 22.7. The molecule has 1 aliphatic rings. The molecule has 2 N–H and O–H groups in total. The minimum atomic E-state index is -0.369. The second kappa shape index (κ2) is 15.7. The summed E-state index contributed by atoms with van der Waals surface area (Å²) in [5, 5.41) is 4.99. The number of carbonyl (C=O) groups excluding carboxylic acids is 2. The molecule has 0 aliphatic carbocycles. The van der Waals surface area contributed by atoms with Crippen molar-refractivity contribution in [1.82, 2.24) is 10.8 Å². The third-order valence-electron chi connectivity index (χ3n) is 6.73. The molecule has 1 atom stereocenters. The van der Waals surface area contributed by atoms with Crippen molar-refractivity contribution in [3.8, 4) is 5.75 Å². The summed E-state index contributed by atoms with van der Waals surface area (Å²) >= 11 is 0. The van der Waals surface area contributed by atoms with Crippen LogP contribution < -0.4 is 15.5 Å². The van der Waals surface area contributed by atoms with E-state index in [1.165, 1.54) is 12.1 Å². The molecule has 1 unspecified atom stereocenters. The van der Waals surface area contributed by atoms with E-state index in [0.29, 0.717) is 50.2 Å². The van der Waals surface area contributed by atoms with Gasteiger partial charge in [0.2, 0.25) is 11.8 Å². The van der Waals surface area contributed by atoms with Crippen LogP contribution in [-0.4, -0.2) is 37.9 Å². The molecule has 0 saturated carbocycles. The van der Waals surface area contributed by atoms with E-state index >= 15 is 0 Å². The fraction of sp³-hybridized carbons (Fsp3) is 0.375. The molecule has 0 radical (unpaired) electrons. The number of halogens is 1. The summed E-state index contributed by atoms with van der Waals surface area (Å²) in [6, 6.07) is 20.0. The van der Waals surface area contributed by atoms with Crippen LogP contribution in [0.2, 0.25) is 0 Å². The number of hydrogen-bond acceptors (Lipinski definition) is 5. The standard InChI is InChI=1S/C32H37FN2O5/c33-27-18-16-24(17-19-27)20-21-34-32(37)26(23-39-29-13-8-11-25-9-4-5-12-28(25)29)10-2-1-3-14-30(36)35-40-31-15-6-7-22-38-31/h4-5,8-13,16-19,31H,1-3,6-7,14-15,20-23H2,(H,34,37)(H,35,36)/b26-10+.